The fourth-order valence-electron chi connectivity index (χ4n) is 13.4. The number of hydrogen-bond donors (Lipinski definition) is 0. The monoisotopic (exact) mass is 1060 g/mol. The lowest BCUT2D eigenvalue weighted by atomic mass is 9.79. The Morgan fingerprint density at radius 2 is 0.765 bits per heavy atom. The van der Waals surface area contributed by atoms with E-state index in [1.54, 1.807) is 0 Å². The van der Waals surface area contributed by atoms with Gasteiger partial charge in [-0.25, -0.2) is 0 Å². The molecule has 0 atom stereocenters. The van der Waals surface area contributed by atoms with E-state index in [-0.39, 0.29) is 21.7 Å². The smallest absolute Gasteiger partial charge is 0.160 e. The van der Waals surface area contributed by atoms with E-state index in [1.807, 2.05) is 0 Å². The number of para-hydroxylation sites is 1. The van der Waals surface area contributed by atoms with Crippen LogP contribution < -0.4 is 9.80 Å². The molecule has 3 aliphatic carbocycles. The van der Waals surface area contributed by atoms with Crippen molar-refractivity contribution in [2.24, 2.45) is 0 Å². The molecule has 0 saturated heterocycles. The first-order valence-corrected chi connectivity index (χ1v) is 29.4. The van der Waals surface area contributed by atoms with Gasteiger partial charge in [0.25, 0.3) is 0 Å². The molecule has 4 heteroatoms. The van der Waals surface area contributed by atoms with E-state index >= 15 is 0 Å². The Morgan fingerprint density at radius 1 is 0.395 bits per heavy atom. The molecule has 10 aromatic rings. The van der Waals surface area contributed by atoms with Gasteiger partial charge >= 0.3 is 0 Å². The van der Waals surface area contributed by atoms with Gasteiger partial charge in [-0.3, -0.25) is 0 Å². The summed E-state index contributed by atoms with van der Waals surface area (Å²) in [5.74, 6) is 0.895. The Balaban J connectivity index is 1.05. The highest BCUT2D eigenvalue weighted by molar-refractivity contribution is 6.20. The first-order valence-electron chi connectivity index (χ1n) is 29.4. The lowest BCUT2D eigenvalue weighted by Gasteiger charge is -2.30. The van der Waals surface area contributed by atoms with Gasteiger partial charge < -0.3 is 18.6 Å². The van der Waals surface area contributed by atoms with Gasteiger partial charge in [-0.2, -0.15) is 0 Å². The van der Waals surface area contributed by atoms with Crippen molar-refractivity contribution in [3.05, 3.63) is 214 Å². The SMILES string of the molecule is CC(C)(C)c1ccc(N(c2ccc(C(C)(C)C)cc2)c2cc3c(c4c5c(oc24)C=CCC=C5)-c2cc4c(cc2C3(C)C)-c2c(cc(N(c3ccc(C(C)(C)C)cc3)c3ccc(C(C)(C)C)cc3)c3oc5ccccc5c23)C4(C)C)cc1. The third-order valence-corrected chi connectivity index (χ3v) is 18.3. The summed E-state index contributed by atoms with van der Waals surface area (Å²) in [6.07, 6.45) is 9.86. The van der Waals surface area contributed by atoms with Crippen LogP contribution in [0.1, 0.15) is 173 Å². The maximum Gasteiger partial charge on any atom is 0.160 e. The number of hydrogen-bond acceptors (Lipinski definition) is 4. The van der Waals surface area contributed by atoms with E-state index < -0.39 is 10.8 Å². The van der Waals surface area contributed by atoms with E-state index in [0.29, 0.717) is 0 Å². The van der Waals surface area contributed by atoms with Crippen molar-refractivity contribution in [1.29, 1.82) is 0 Å². The minimum absolute atomic E-state index is 0.0118. The number of rotatable bonds is 6. The molecule has 408 valence electrons. The van der Waals surface area contributed by atoms with Crippen molar-refractivity contribution < 1.29 is 8.83 Å². The largest absolute Gasteiger partial charge is 0.454 e. The van der Waals surface area contributed by atoms with Gasteiger partial charge in [0.15, 0.2) is 11.2 Å². The highest BCUT2D eigenvalue weighted by atomic mass is 16.3. The van der Waals surface area contributed by atoms with Gasteiger partial charge in [0.1, 0.15) is 11.3 Å². The first-order chi connectivity index (χ1) is 38.2. The van der Waals surface area contributed by atoms with Gasteiger partial charge in [-0.05, 0) is 180 Å². The van der Waals surface area contributed by atoms with Crippen LogP contribution in [0, 0.1) is 0 Å². The van der Waals surface area contributed by atoms with E-state index in [0.717, 1.165) is 79.4 Å². The number of benzene rings is 8. The molecule has 0 spiro atoms. The summed E-state index contributed by atoms with van der Waals surface area (Å²) < 4.78 is 14.6. The van der Waals surface area contributed by atoms with E-state index in [2.05, 4.69) is 290 Å². The summed E-state index contributed by atoms with van der Waals surface area (Å²) in [7, 11) is 0. The Kier molecular flexibility index (Phi) is 11.6. The Labute approximate surface area is 480 Å². The van der Waals surface area contributed by atoms with Gasteiger partial charge in [-0.1, -0.05) is 196 Å². The molecule has 0 unspecified atom stereocenters. The number of nitrogens with zero attached hydrogens (tertiary/aromatic N) is 2. The average molecular weight is 1060 g/mol. The van der Waals surface area contributed by atoms with Crippen molar-refractivity contribution in [2.45, 2.75) is 150 Å². The predicted molar refractivity (Wildman–Crippen MR) is 345 cm³/mol. The lowest BCUT2D eigenvalue weighted by Crippen LogP contribution is -2.18. The van der Waals surface area contributed by atoms with Crippen molar-refractivity contribution in [1.82, 2.24) is 0 Å². The molecule has 0 amide bonds. The number of allylic oxidation sites excluding steroid dienone is 2. The molecule has 0 saturated carbocycles. The van der Waals surface area contributed by atoms with Crippen LogP contribution in [0.15, 0.2) is 167 Å². The minimum atomic E-state index is -0.394. The maximum atomic E-state index is 7.31. The molecule has 4 nitrogen and oxygen atoms in total. The fourth-order valence-corrected chi connectivity index (χ4v) is 13.4. The van der Waals surface area contributed by atoms with Gasteiger partial charge in [0.2, 0.25) is 0 Å². The summed E-state index contributed by atoms with van der Waals surface area (Å²) in [5.41, 5.74) is 25.0. The number of anilines is 6. The van der Waals surface area contributed by atoms with Crippen LogP contribution in [0.2, 0.25) is 0 Å². The molecule has 0 bridgehead atoms. The minimum Gasteiger partial charge on any atom is -0.454 e. The van der Waals surface area contributed by atoms with Crippen LogP contribution in [0.4, 0.5) is 34.1 Å². The zero-order chi connectivity index (χ0) is 57.1. The Morgan fingerprint density at radius 3 is 1.17 bits per heavy atom. The van der Waals surface area contributed by atoms with E-state index in [1.165, 1.54) is 72.1 Å². The molecule has 8 aromatic carbocycles. The van der Waals surface area contributed by atoms with Crippen molar-refractivity contribution in [3.63, 3.8) is 0 Å². The summed E-state index contributed by atoms with van der Waals surface area (Å²) in [6, 6.07) is 55.5. The summed E-state index contributed by atoms with van der Waals surface area (Å²) in [4.78, 5) is 4.88. The highest BCUT2D eigenvalue weighted by Gasteiger charge is 2.46. The summed E-state index contributed by atoms with van der Waals surface area (Å²) in [6.45, 7) is 37.2. The molecular weight excluding hydrogens is 985 g/mol. The lowest BCUT2D eigenvalue weighted by molar-refractivity contribution is 0.590. The molecular formula is C77H78N2O2. The van der Waals surface area contributed by atoms with Crippen LogP contribution in [0.3, 0.4) is 0 Å². The van der Waals surface area contributed by atoms with E-state index in [4.69, 9.17) is 8.83 Å². The second kappa shape index (κ2) is 17.8. The Hall–Kier alpha value is -7.82. The summed E-state index contributed by atoms with van der Waals surface area (Å²) >= 11 is 0. The normalized spacial score (nSPS) is 15.2. The topological polar surface area (TPSA) is 32.8 Å². The third-order valence-electron chi connectivity index (χ3n) is 18.3. The zero-order valence-electron chi connectivity index (χ0n) is 50.6. The molecule has 0 N–H and O–H groups in total. The first kappa shape index (κ1) is 52.5. The Bertz CT molecular complexity index is 4120. The quantitative estimate of drug-likeness (QED) is 0.166. The van der Waals surface area contributed by atoms with Crippen LogP contribution in [0.5, 0.6) is 0 Å². The molecule has 0 radical (unpaired) electrons. The maximum absolute atomic E-state index is 7.31. The van der Waals surface area contributed by atoms with Crippen molar-refractivity contribution >= 4 is 79.2 Å². The van der Waals surface area contributed by atoms with Gasteiger partial charge in [0, 0.05) is 55.3 Å². The van der Waals surface area contributed by atoms with Gasteiger partial charge in [-0.15, -0.1) is 0 Å². The second-order valence-electron chi connectivity index (χ2n) is 28.6. The number of fused-ring (bicyclic) bond motifs is 14. The molecule has 2 heterocycles. The third kappa shape index (κ3) is 8.28. The molecule has 2 aromatic heterocycles. The van der Waals surface area contributed by atoms with Crippen LogP contribution >= 0.6 is 0 Å². The molecule has 0 fully saturated rings. The molecule has 13 rings (SSSR count). The predicted octanol–water partition coefficient (Wildman–Crippen LogP) is 22.5. The van der Waals surface area contributed by atoms with Crippen molar-refractivity contribution in [2.75, 3.05) is 9.80 Å². The number of furan rings is 2. The zero-order valence-corrected chi connectivity index (χ0v) is 50.6. The highest BCUT2D eigenvalue weighted by Crippen LogP contribution is 2.62. The van der Waals surface area contributed by atoms with Crippen LogP contribution in [0.25, 0.3) is 67.3 Å². The standard InChI is InChI=1S/C77H78N2O2/c1-72(2,3)46-26-34-50(35-27-46)78(51-36-28-47(29-37-51)73(4,5)6)62-44-60-66(68-54-22-18-17-19-24-64(54)80-70(62)68)56-42-59-57(43-58(56)76(60,13)14)67-61(77(59,15)16)45-63(71-69(67)55-23-20-21-25-65(55)81-71)79(52-38-30-48(31-39-52)74(7,8)9)53-40-32-49(33-41-53)75(10,11)12/h18-45H,17H2,1-16H3. The van der Waals surface area contributed by atoms with E-state index in [9.17, 15) is 0 Å². The molecule has 0 aliphatic heterocycles. The van der Waals surface area contributed by atoms with Gasteiger partial charge in [0.05, 0.1) is 11.4 Å². The van der Waals surface area contributed by atoms with Crippen LogP contribution in [-0.4, -0.2) is 0 Å². The summed E-state index contributed by atoms with van der Waals surface area (Å²) in [5, 5.41) is 3.45. The fraction of sp³-hybridized carbons (Fsp3) is 0.299. The molecule has 81 heavy (non-hydrogen) atoms. The average Bonchev–Trinajstić information content (AvgIpc) is 2.85. The van der Waals surface area contributed by atoms with Crippen LogP contribution in [-0.2, 0) is 32.5 Å². The molecule has 3 aliphatic rings. The second-order valence-corrected chi connectivity index (χ2v) is 28.6. The van der Waals surface area contributed by atoms with Crippen molar-refractivity contribution in [3.8, 4) is 22.3 Å².